The van der Waals surface area contributed by atoms with E-state index in [0.29, 0.717) is 5.58 Å². The highest BCUT2D eigenvalue weighted by Crippen LogP contribution is 2.23. The number of halogens is 1. The van der Waals surface area contributed by atoms with Crippen molar-refractivity contribution in [2.45, 2.75) is 33.2 Å². The number of nitrogens with one attached hydrogen (secondary N) is 1. The topological polar surface area (TPSA) is 45.5 Å². The van der Waals surface area contributed by atoms with Crippen LogP contribution in [0.4, 0.5) is 0 Å². The molecule has 5 heteroatoms. The molecule has 24 heavy (non-hydrogen) atoms. The van der Waals surface area contributed by atoms with Gasteiger partial charge in [0.05, 0.1) is 0 Å². The Kier molecular flexibility index (Phi) is 6.84. The van der Waals surface area contributed by atoms with Gasteiger partial charge in [0.15, 0.2) is 0 Å². The molecular weight excluding hydrogens is 324 g/mol. The van der Waals surface area contributed by atoms with Gasteiger partial charge in [-0.15, -0.1) is 12.4 Å². The minimum absolute atomic E-state index is 0. The van der Waals surface area contributed by atoms with Crippen LogP contribution in [0.25, 0.3) is 11.0 Å². The first kappa shape index (κ1) is 19.0. The van der Waals surface area contributed by atoms with Crippen molar-refractivity contribution in [2.75, 3.05) is 26.2 Å². The lowest BCUT2D eigenvalue weighted by atomic mass is 9.96. The third kappa shape index (κ3) is 4.59. The maximum Gasteiger partial charge on any atom is 0.336 e. The van der Waals surface area contributed by atoms with Gasteiger partial charge in [-0.2, -0.15) is 0 Å². The zero-order valence-electron chi connectivity index (χ0n) is 14.5. The van der Waals surface area contributed by atoms with Gasteiger partial charge in [-0.25, -0.2) is 4.79 Å². The van der Waals surface area contributed by atoms with Gasteiger partial charge < -0.3 is 9.73 Å². The summed E-state index contributed by atoms with van der Waals surface area (Å²) in [6.07, 6.45) is 2.46. The van der Waals surface area contributed by atoms with E-state index in [1.165, 1.54) is 12.8 Å². The van der Waals surface area contributed by atoms with Crippen molar-refractivity contribution >= 4 is 23.4 Å². The highest BCUT2D eigenvalue weighted by atomic mass is 35.5. The van der Waals surface area contributed by atoms with Crippen molar-refractivity contribution in [1.82, 2.24) is 10.2 Å². The fourth-order valence-electron chi connectivity index (χ4n) is 3.41. The highest BCUT2D eigenvalue weighted by molar-refractivity contribution is 5.85. The van der Waals surface area contributed by atoms with E-state index >= 15 is 0 Å². The van der Waals surface area contributed by atoms with E-state index in [1.807, 2.05) is 13.0 Å². The quantitative estimate of drug-likeness (QED) is 0.840. The molecule has 4 nitrogen and oxygen atoms in total. The summed E-state index contributed by atoms with van der Waals surface area (Å²) in [4.78, 5) is 14.3. The zero-order chi connectivity index (χ0) is 16.2. The number of benzene rings is 1. The van der Waals surface area contributed by atoms with Gasteiger partial charge in [0.2, 0.25) is 0 Å². The van der Waals surface area contributed by atoms with Gasteiger partial charge in [-0.05, 0) is 69.1 Å². The number of rotatable bonds is 5. The fourth-order valence-corrected chi connectivity index (χ4v) is 3.41. The molecule has 1 aromatic heterocycles. The average molecular weight is 351 g/mol. The fraction of sp³-hybridized carbons (Fsp3) is 0.526. The van der Waals surface area contributed by atoms with Crippen molar-refractivity contribution in [3.8, 4) is 0 Å². The van der Waals surface area contributed by atoms with Crippen LogP contribution in [0.15, 0.2) is 33.5 Å². The van der Waals surface area contributed by atoms with Crippen LogP contribution in [0.5, 0.6) is 0 Å². The smallest absolute Gasteiger partial charge is 0.336 e. The minimum atomic E-state index is -0.250. The predicted molar refractivity (Wildman–Crippen MR) is 101 cm³/mol. The molecule has 2 heterocycles. The van der Waals surface area contributed by atoms with Crippen molar-refractivity contribution in [2.24, 2.45) is 5.92 Å². The molecule has 0 bridgehead atoms. The second-order valence-electron chi connectivity index (χ2n) is 6.62. The van der Waals surface area contributed by atoms with Crippen LogP contribution >= 0.6 is 12.4 Å². The van der Waals surface area contributed by atoms with E-state index in [1.54, 1.807) is 6.07 Å². The van der Waals surface area contributed by atoms with E-state index in [-0.39, 0.29) is 18.0 Å². The summed E-state index contributed by atoms with van der Waals surface area (Å²) in [6, 6.07) is 7.75. The van der Waals surface area contributed by atoms with Gasteiger partial charge in [-0.1, -0.05) is 19.1 Å². The molecule has 1 aliphatic rings. The Labute approximate surface area is 149 Å². The maximum absolute atomic E-state index is 11.8. The molecule has 0 aliphatic carbocycles. The minimum Gasteiger partial charge on any atom is -0.423 e. The molecule has 0 saturated carbocycles. The Morgan fingerprint density at radius 2 is 2.00 bits per heavy atom. The first-order chi connectivity index (χ1) is 11.2. The van der Waals surface area contributed by atoms with Gasteiger partial charge in [0.25, 0.3) is 0 Å². The van der Waals surface area contributed by atoms with Crippen LogP contribution in [-0.2, 0) is 6.54 Å². The number of hydrogen-bond acceptors (Lipinski definition) is 4. The summed E-state index contributed by atoms with van der Waals surface area (Å²) >= 11 is 0. The second-order valence-corrected chi connectivity index (χ2v) is 6.62. The molecule has 1 fully saturated rings. The van der Waals surface area contributed by atoms with E-state index < -0.39 is 0 Å². The number of nitrogens with zero attached hydrogens (tertiary/aromatic N) is 1. The summed E-state index contributed by atoms with van der Waals surface area (Å²) in [5.74, 6) is 0.784. The normalized spacial score (nSPS) is 16.2. The standard InChI is InChI=1S/C19H26N2O2.ClH/c1-3-20-12-15-6-8-21(9-7-15)13-16-11-19(22)23-18-10-14(2)4-5-17(16)18;/h4-5,10-11,15,20H,3,6-9,12-13H2,1-2H3;1H. The Hall–Kier alpha value is -1.36. The molecule has 1 saturated heterocycles. The van der Waals surface area contributed by atoms with Crippen LogP contribution < -0.4 is 10.9 Å². The maximum atomic E-state index is 11.8. The van der Waals surface area contributed by atoms with E-state index in [9.17, 15) is 4.79 Å². The summed E-state index contributed by atoms with van der Waals surface area (Å²) in [7, 11) is 0. The van der Waals surface area contributed by atoms with Gasteiger partial charge in [-0.3, -0.25) is 4.90 Å². The van der Waals surface area contributed by atoms with Crippen molar-refractivity contribution in [3.05, 3.63) is 45.8 Å². The lowest BCUT2D eigenvalue weighted by molar-refractivity contribution is 0.176. The molecular formula is C19H27ClN2O2. The molecule has 1 aromatic carbocycles. The first-order valence-corrected chi connectivity index (χ1v) is 8.62. The largest absolute Gasteiger partial charge is 0.423 e. The van der Waals surface area contributed by atoms with Crippen molar-refractivity contribution in [3.63, 3.8) is 0 Å². The Morgan fingerprint density at radius 1 is 1.25 bits per heavy atom. The van der Waals surface area contributed by atoms with E-state index in [2.05, 4.69) is 29.3 Å². The lowest BCUT2D eigenvalue weighted by Gasteiger charge is -2.32. The molecule has 1 N–H and O–H groups in total. The average Bonchev–Trinajstić information content (AvgIpc) is 2.53. The van der Waals surface area contributed by atoms with Crippen LogP contribution in [0.3, 0.4) is 0 Å². The first-order valence-electron chi connectivity index (χ1n) is 8.62. The van der Waals surface area contributed by atoms with Crippen molar-refractivity contribution < 1.29 is 4.42 Å². The Bertz CT molecular complexity index is 721. The van der Waals surface area contributed by atoms with Crippen LogP contribution in [0, 0.1) is 12.8 Å². The number of aryl methyl sites for hydroxylation is 1. The third-order valence-corrected chi connectivity index (χ3v) is 4.77. The van der Waals surface area contributed by atoms with Crippen molar-refractivity contribution in [1.29, 1.82) is 0 Å². The van der Waals surface area contributed by atoms with E-state index in [4.69, 9.17) is 4.42 Å². The lowest BCUT2D eigenvalue weighted by Crippen LogP contribution is -2.37. The Morgan fingerprint density at radius 3 is 2.71 bits per heavy atom. The molecule has 2 aromatic rings. The summed E-state index contributed by atoms with van der Waals surface area (Å²) in [6.45, 7) is 9.38. The molecule has 0 atom stereocenters. The molecule has 0 amide bonds. The molecule has 0 unspecified atom stereocenters. The highest BCUT2D eigenvalue weighted by Gasteiger charge is 2.19. The number of fused-ring (bicyclic) bond motifs is 1. The third-order valence-electron chi connectivity index (χ3n) is 4.77. The molecule has 0 spiro atoms. The zero-order valence-corrected chi connectivity index (χ0v) is 15.3. The molecule has 132 valence electrons. The predicted octanol–water partition coefficient (Wildman–Crippen LogP) is 3.34. The molecule has 3 rings (SSSR count). The Balaban J connectivity index is 0.00000208. The van der Waals surface area contributed by atoms with Gasteiger partial charge in [0, 0.05) is 18.0 Å². The number of likely N-dealkylation sites (tertiary alicyclic amines) is 1. The molecule has 0 radical (unpaired) electrons. The van der Waals surface area contributed by atoms with Gasteiger partial charge >= 0.3 is 5.63 Å². The number of piperidine rings is 1. The SMILES string of the molecule is CCNCC1CCN(Cc2cc(=O)oc3cc(C)ccc23)CC1.Cl. The summed E-state index contributed by atoms with van der Waals surface area (Å²) < 4.78 is 5.35. The molecule has 1 aliphatic heterocycles. The van der Waals surface area contributed by atoms with E-state index in [0.717, 1.165) is 55.2 Å². The second kappa shape index (κ2) is 8.65. The summed E-state index contributed by atoms with van der Waals surface area (Å²) in [5, 5.41) is 4.51. The van der Waals surface area contributed by atoms with Crippen LogP contribution in [-0.4, -0.2) is 31.1 Å². The van der Waals surface area contributed by atoms with Crippen LogP contribution in [0.1, 0.15) is 30.9 Å². The van der Waals surface area contributed by atoms with Crippen LogP contribution in [0.2, 0.25) is 0 Å². The summed E-state index contributed by atoms with van der Waals surface area (Å²) in [5.41, 5.74) is 2.65. The monoisotopic (exact) mass is 350 g/mol. The van der Waals surface area contributed by atoms with Gasteiger partial charge in [0.1, 0.15) is 5.58 Å². The number of hydrogen-bond donors (Lipinski definition) is 1.